The molecular formula is C7H14N2S. The molecule has 0 bridgehead atoms. The molecule has 1 aliphatic carbocycles. The lowest BCUT2D eigenvalue weighted by atomic mass is 10.0. The molecule has 0 saturated heterocycles. The number of hydrogen-bond donors (Lipinski definition) is 1. The quantitative estimate of drug-likeness (QED) is 0.243. The van der Waals surface area contributed by atoms with E-state index in [0.717, 1.165) is 5.25 Å². The lowest BCUT2D eigenvalue weighted by Crippen LogP contribution is -2.03. The molecule has 0 heterocycles. The topological polar surface area (TPSA) is 36.4 Å². The summed E-state index contributed by atoms with van der Waals surface area (Å²) < 4.78 is 0. The SMILES string of the molecule is C=[N+]=[N-].SC1CCCCC1. The molecule has 1 aliphatic rings. The third-order valence-electron chi connectivity index (χ3n) is 1.57. The van der Waals surface area contributed by atoms with Crippen molar-refractivity contribution in [1.29, 1.82) is 0 Å². The first-order chi connectivity index (χ1) is 4.81. The van der Waals surface area contributed by atoms with E-state index in [1.807, 2.05) is 0 Å². The zero-order valence-electron chi connectivity index (χ0n) is 6.16. The van der Waals surface area contributed by atoms with Crippen LogP contribution in [0, 0.1) is 0 Å². The van der Waals surface area contributed by atoms with Crippen LogP contribution in [0.3, 0.4) is 0 Å². The molecule has 2 nitrogen and oxygen atoms in total. The van der Waals surface area contributed by atoms with E-state index >= 15 is 0 Å². The summed E-state index contributed by atoms with van der Waals surface area (Å²) in [5, 5.41) is 0.730. The molecule has 58 valence electrons. The molecule has 10 heavy (non-hydrogen) atoms. The van der Waals surface area contributed by atoms with E-state index in [-0.39, 0.29) is 0 Å². The van der Waals surface area contributed by atoms with E-state index in [1.54, 1.807) is 0 Å². The first-order valence-electron chi connectivity index (χ1n) is 3.59. The second-order valence-electron chi connectivity index (χ2n) is 2.43. The van der Waals surface area contributed by atoms with Gasteiger partial charge in [-0.25, -0.2) is 0 Å². The summed E-state index contributed by atoms with van der Waals surface area (Å²) in [7, 11) is 0. The van der Waals surface area contributed by atoms with Gasteiger partial charge in [0.2, 0.25) is 6.72 Å². The highest BCUT2D eigenvalue weighted by molar-refractivity contribution is 7.80. The monoisotopic (exact) mass is 158 g/mol. The Morgan fingerprint density at radius 3 is 1.90 bits per heavy atom. The van der Waals surface area contributed by atoms with Crippen LogP contribution < -0.4 is 0 Å². The minimum atomic E-state index is 0.730. The van der Waals surface area contributed by atoms with Gasteiger partial charge in [-0.05, 0) is 12.8 Å². The van der Waals surface area contributed by atoms with Gasteiger partial charge in [-0.15, -0.1) is 0 Å². The second-order valence-corrected chi connectivity index (χ2v) is 3.16. The fourth-order valence-corrected chi connectivity index (χ4v) is 1.45. The van der Waals surface area contributed by atoms with Crippen molar-refractivity contribution in [2.75, 3.05) is 0 Å². The number of hydrogen-bond acceptors (Lipinski definition) is 1. The number of rotatable bonds is 0. The highest BCUT2D eigenvalue weighted by atomic mass is 32.1. The van der Waals surface area contributed by atoms with Crippen molar-refractivity contribution in [2.24, 2.45) is 0 Å². The van der Waals surface area contributed by atoms with E-state index in [0.29, 0.717) is 0 Å². The minimum absolute atomic E-state index is 0.730. The van der Waals surface area contributed by atoms with Gasteiger partial charge in [0.05, 0.1) is 0 Å². The van der Waals surface area contributed by atoms with E-state index in [1.165, 1.54) is 32.1 Å². The van der Waals surface area contributed by atoms with Gasteiger partial charge in [0, 0.05) is 5.25 Å². The largest absolute Gasteiger partial charge is 0.362 e. The fraction of sp³-hybridized carbons (Fsp3) is 0.857. The summed E-state index contributed by atoms with van der Waals surface area (Å²) in [6.07, 6.45) is 6.96. The Labute approximate surface area is 67.7 Å². The van der Waals surface area contributed by atoms with Crippen molar-refractivity contribution in [3.8, 4) is 0 Å². The third-order valence-corrected chi connectivity index (χ3v) is 2.09. The molecule has 3 heteroatoms. The van der Waals surface area contributed by atoms with Crippen LogP contribution in [-0.2, 0) is 0 Å². The van der Waals surface area contributed by atoms with Crippen LogP contribution in [0.2, 0.25) is 0 Å². The second kappa shape index (κ2) is 6.84. The highest BCUT2D eigenvalue weighted by Gasteiger charge is 2.06. The van der Waals surface area contributed by atoms with Gasteiger partial charge in [-0.3, -0.25) is 0 Å². The molecule has 0 spiro atoms. The van der Waals surface area contributed by atoms with E-state index in [4.69, 9.17) is 5.53 Å². The summed E-state index contributed by atoms with van der Waals surface area (Å²) >= 11 is 4.36. The molecule has 1 saturated carbocycles. The lowest BCUT2D eigenvalue weighted by molar-refractivity contribution is 0.0110. The summed E-state index contributed by atoms with van der Waals surface area (Å²) in [5.41, 5.74) is 7.08. The zero-order chi connectivity index (χ0) is 7.82. The maximum absolute atomic E-state index is 7.08. The van der Waals surface area contributed by atoms with Crippen molar-refractivity contribution in [1.82, 2.24) is 0 Å². The molecule has 0 atom stereocenters. The normalized spacial score (nSPS) is 18.5. The van der Waals surface area contributed by atoms with Crippen molar-refractivity contribution >= 4 is 19.3 Å². The summed E-state index contributed by atoms with van der Waals surface area (Å²) in [6.45, 7) is 2.67. The van der Waals surface area contributed by atoms with Gasteiger partial charge in [0.15, 0.2) is 0 Å². The van der Waals surface area contributed by atoms with Crippen LogP contribution in [0.4, 0.5) is 0 Å². The molecule has 1 fully saturated rings. The Bertz CT molecular complexity index is 102. The fourth-order valence-electron chi connectivity index (χ4n) is 1.08. The van der Waals surface area contributed by atoms with Gasteiger partial charge in [0.1, 0.15) is 0 Å². The number of nitrogens with zero attached hydrogens (tertiary/aromatic N) is 2. The Hall–Kier alpha value is -0.270. The molecule has 0 aliphatic heterocycles. The molecule has 0 unspecified atom stereocenters. The predicted octanol–water partition coefficient (Wildman–Crippen LogP) is 2.17. The van der Waals surface area contributed by atoms with Crippen molar-refractivity contribution < 1.29 is 4.79 Å². The van der Waals surface area contributed by atoms with E-state index in [9.17, 15) is 0 Å². The Balaban J connectivity index is 0.000000236. The maximum atomic E-state index is 7.08. The van der Waals surface area contributed by atoms with Crippen LogP contribution >= 0.6 is 12.6 Å². The Kier molecular flexibility index (Phi) is 6.66. The molecule has 0 amide bonds. The van der Waals surface area contributed by atoms with Crippen molar-refractivity contribution in [3.63, 3.8) is 0 Å². The van der Waals surface area contributed by atoms with Gasteiger partial charge in [0.25, 0.3) is 0 Å². The third kappa shape index (κ3) is 5.86. The maximum Gasteiger partial charge on any atom is 0.245 e. The van der Waals surface area contributed by atoms with Gasteiger partial charge >= 0.3 is 0 Å². The van der Waals surface area contributed by atoms with Crippen molar-refractivity contribution in [3.05, 3.63) is 5.53 Å². The summed E-state index contributed by atoms with van der Waals surface area (Å²) in [5.74, 6) is 0. The van der Waals surface area contributed by atoms with E-state index < -0.39 is 0 Å². The standard InChI is InChI=1S/C6H12S.CH2N2/c7-6-4-2-1-3-5-6;1-3-2/h6-7H,1-5H2;1H2. The van der Waals surface area contributed by atoms with Crippen LogP contribution in [0.15, 0.2) is 0 Å². The average Bonchev–Trinajstić information content (AvgIpc) is 1.91. The summed E-state index contributed by atoms with van der Waals surface area (Å²) in [6, 6.07) is 0. The molecule has 0 N–H and O–H groups in total. The smallest absolute Gasteiger partial charge is 0.245 e. The first kappa shape index (κ1) is 9.73. The summed E-state index contributed by atoms with van der Waals surface area (Å²) in [4.78, 5) is 2.25. The first-order valence-corrected chi connectivity index (χ1v) is 4.11. The predicted molar refractivity (Wildman–Crippen MR) is 46.6 cm³/mol. The molecule has 0 radical (unpaired) electrons. The van der Waals surface area contributed by atoms with E-state index in [2.05, 4.69) is 24.1 Å². The van der Waals surface area contributed by atoms with Gasteiger partial charge in [-0.2, -0.15) is 17.4 Å². The van der Waals surface area contributed by atoms with Crippen LogP contribution in [0.25, 0.3) is 5.53 Å². The van der Waals surface area contributed by atoms with Crippen LogP contribution in [-0.4, -0.2) is 16.8 Å². The lowest BCUT2D eigenvalue weighted by Gasteiger charge is -2.14. The average molecular weight is 158 g/mol. The highest BCUT2D eigenvalue weighted by Crippen LogP contribution is 2.20. The Morgan fingerprint density at radius 1 is 1.30 bits per heavy atom. The minimum Gasteiger partial charge on any atom is -0.362 e. The van der Waals surface area contributed by atoms with Gasteiger partial charge in [-0.1, -0.05) is 19.3 Å². The molecule has 0 aromatic carbocycles. The molecule has 1 rings (SSSR count). The molecular weight excluding hydrogens is 144 g/mol. The van der Waals surface area contributed by atoms with Crippen molar-refractivity contribution in [2.45, 2.75) is 37.4 Å². The van der Waals surface area contributed by atoms with Crippen LogP contribution in [0.5, 0.6) is 0 Å². The Morgan fingerprint density at radius 2 is 1.70 bits per heavy atom. The molecule has 0 aromatic rings. The van der Waals surface area contributed by atoms with Crippen LogP contribution in [0.1, 0.15) is 32.1 Å². The molecule has 0 aromatic heterocycles. The zero-order valence-corrected chi connectivity index (χ0v) is 7.06. The van der Waals surface area contributed by atoms with Gasteiger partial charge < -0.3 is 5.53 Å². The number of thiol groups is 1.